The van der Waals surface area contributed by atoms with E-state index in [0.29, 0.717) is 6.04 Å². The second kappa shape index (κ2) is 10.4. The van der Waals surface area contributed by atoms with Crippen molar-refractivity contribution in [3.8, 4) is 0 Å². The molecule has 92 valence electrons. The van der Waals surface area contributed by atoms with Crippen molar-refractivity contribution in [2.45, 2.75) is 77.9 Å². The van der Waals surface area contributed by atoms with Crippen molar-refractivity contribution in [1.29, 1.82) is 0 Å². The molecular formula is C13H29NO. The summed E-state index contributed by atoms with van der Waals surface area (Å²) in [5, 5.41) is 12.9. The maximum Gasteiger partial charge on any atom is 0.0664 e. The summed E-state index contributed by atoms with van der Waals surface area (Å²) in [7, 11) is 0. The molecule has 0 amide bonds. The summed E-state index contributed by atoms with van der Waals surface area (Å²) in [4.78, 5) is 0. The van der Waals surface area contributed by atoms with E-state index in [4.69, 9.17) is 0 Å². The van der Waals surface area contributed by atoms with Crippen LogP contribution in [-0.2, 0) is 0 Å². The van der Waals surface area contributed by atoms with E-state index in [0.717, 1.165) is 13.0 Å². The molecule has 0 radical (unpaired) electrons. The Morgan fingerprint density at radius 1 is 1.00 bits per heavy atom. The normalized spacial score (nSPS) is 13.4. The predicted molar refractivity (Wildman–Crippen MR) is 67.1 cm³/mol. The number of nitrogens with one attached hydrogen (secondary N) is 1. The number of unbranched alkanes of at least 4 members (excludes halogenated alkanes) is 5. The maximum absolute atomic E-state index is 9.64. The Bertz CT molecular complexity index is 126. The highest BCUT2D eigenvalue weighted by atomic mass is 16.3. The summed E-state index contributed by atoms with van der Waals surface area (Å²) in [6, 6.07) is 0.476. The van der Waals surface area contributed by atoms with Gasteiger partial charge in [-0.25, -0.2) is 0 Å². The Morgan fingerprint density at radius 3 is 2.20 bits per heavy atom. The number of aliphatic hydroxyl groups excluding tert-OH is 1. The summed E-state index contributed by atoms with van der Waals surface area (Å²) in [5.74, 6) is 0. The van der Waals surface area contributed by atoms with E-state index in [9.17, 15) is 5.11 Å². The molecule has 0 aliphatic heterocycles. The zero-order valence-electron chi connectivity index (χ0n) is 10.8. The van der Waals surface area contributed by atoms with Crippen molar-refractivity contribution < 1.29 is 5.11 Å². The standard InChI is InChI=1S/C13H29NO/c1-4-5-6-7-8-9-10-13(15)11-14-12(2)3/h12-15H,4-11H2,1-3H3. The molecule has 15 heavy (non-hydrogen) atoms. The van der Waals surface area contributed by atoms with Crippen LogP contribution in [0.15, 0.2) is 0 Å². The fourth-order valence-electron chi connectivity index (χ4n) is 1.63. The van der Waals surface area contributed by atoms with Crippen molar-refractivity contribution in [3.05, 3.63) is 0 Å². The third-order valence-corrected chi connectivity index (χ3v) is 2.65. The van der Waals surface area contributed by atoms with E-state index in [2.05, 4.69) is 26.1 Å². The average Bonchev–Trinajstić information content (AvgIpc) is 2.20. The lowest BCUT2D eigenvalue weighted by Gasteiger charge is -2.13. The third-order valence-electron chi connectivity index (χ3n) is 2.65. The summed E-state index contributed by atoms with van der Waals surface area (Å²) in [5.41, 5.74) is 0. The molecule has 2 N–H and O–H groups in total. The van der Waals surface area contributed by atoms with Crippen LogP contribution in [0.3, 0.4) is 0 Å². The van der Waals surface area contributed by atoms with Gasteiger partial charge >= 0.3 is 0 Å². The predicted octanol–water partition coefficient (Wildman–Crippen LogP) is 3.10. The van der Waals surface area contributed by atoms with Gasteiger partial charge in [-0.05, 0) is 6.42 Å². The van der Waals surface area contributed by atoms with Crippen molar-refractivity contribution in [1.82, 2.24) is 5.32 Å². The molecule has 0 bridgehead atoms. The van der Waals surface area contributed by atoms with Gasteiger partial charge in [-0.1, -0.05) is 59.3 Å². The molecule has 0 aromatic carbocycles. The number of hydrogen-bond donors (Lipinski definition) is 2. The van der Waals surface area contributed by atoms with Crippen LogP contribution in [0.1, 0.15) is 65.7 Å². The molecule has 0 spiro atoms. The zero-order chi connectivity index (χ0) is 11.5. The van der Waals surface area contributed by atoms with Gasteiger partial charge in [-0.3, -0.25) is 0 Å². The molecule has 1 atom stereocenters. The minimum Gasteiger partial charge on any atom is -0.392 e. The second-order valence-corrected chi connectivity index (χ2v) is 4.77. The van der Waals surface area contributed by atoms with Crippen molar-refractivity contribution in [2.75, 3.05) is 6.54 Å². The Labute approximate surface area is 95.5 Å². The Hall–Kier alpha value is -0.0800. The zero-order valence-corrected chi connectivity index (χ0v) is 10.8. The molecule has 2 heteroatoms. The maximum atomic E-state index is 9.64. The highest BCUT2D eigenvalue weighted by Gasteiger charge is 2.03. The van der Waals surface area contributed by atoms with Crippen molar-refractivity contribution in [3.63, 3.8) is 0 Å². The van der Waals surface area contributed by atoms with Gasteiger partial charge in [-0.2, -0.15) is 0 Å². The average molecular weight is 215 g/mol. The molecule has 0 aliphatic carbocycles. The molecule has 2 nitrogen and oxygen atoms in total. The molecule has 0 saturated carbocycles. The summed E-state index contributed by atoms with van der Waals surface area (Å²) in [6.45, 7) is 7.20. The first-order chi connectivity index (χ1) is 7.16. The molecular weight excluding hydrogens is 186 g/mol. The SMILES string of the molecule is CCCCCCCCC(O)CNC(C)C. The van der Waals surface area contributed by atoms with E-state index in [1.54, 1.807) is 0 Å². The van der Waals surface area contributed by atoms with Gasteiger partial charge < -0.3 is 10.4 Å². The van der Waals surface area contributed by atoms with E-state index in [1.807, 2.05) is 0 Å². The summed E-state index contributed by atoms with van der Waals surface area (Å²) in [6.07, 6.45) is 8.60. The van der Waals surface area contributed by atoms with Crippen LogP contribution in [0.4, 0.5) is 0 Å². The fraction of sp³-hybridized carbons (Fsp3) is 1.00. The fourth-order valence-corrected chi connectivity index (χ4v) is 1.63. The molecule has 1 unspecified atom stereocenters. The Balaban J connectivity index is 3.13. The Morgan fingerprint density at radius 2 is 1.60 bits per heavy atom. The molecule has 0 saturated heterocycles. The lowest BCUT2D eigenvalue weighted by molar-refractivity contribution is 0.155. The summed E-state index contributed by atoms with van der Waals surface area (Å²) >= 11 is 0. The summed E-state index contributed by atoms with van der Waals surface area (Å²) < 4.78 is 0. The van der Waals surface area contributed by atoms with E-state index >= 15 is 0 Å². The van der Waals surface area contributed by atoms with Crippen LogP contribution < -0.4 is 5.32 Å². The molecule has 0 fully saturated rings. The van der Waals surface area contributed by atoms with Gasteiger partial charge in [-0.15, -0.1) is 0 Å². The number of hydrogen-bond acceptors (Lipinski definition) is 2. The Kier molecular flexibility index (Phi) is 10.4. The van der Waals surface area contributed by atoms with Crippen LogP contribution in [0.5, 0.6) is 0 Å². The van der Waals surface area contributed by atoms with Crippen LogP contribution in [-0.4, -0.2) is 23.8 Å². The smallest absolute Gasteiger partial charge is 0.0664 e. The first kappa shape index (κ1) is 14.9. The first-order valence-corrected chi connectivity index (χ1v) is 6.58. The highest BCUT2D eigenvalue weighted by molar-refractivity contribution is 4.62. The monoisotopic (exact) mass is 215 g/mol. The highest BCUT2D eigenvalue weighted by Crippen LogP contribution is 2.08. The van der Waals surface area contributed by atoms with Crippen LogP contribution >= 0.6 is 0 Å². The van der Waals surface area contributed by atoms with Gasteiger partial charge in [0, 0.05) is 12.6 Å². The van der Waals surface area contributed by atoms with Crippen LogP contribution in [0.25, 0.3) is 0 Å². The minimum atomic E-state index is -0.154. The van der Waals surface area contributed by atoms with Gasteiger partial charge in [0.05, 0.1) is 6.10 Å². The van der Waals surface area contributed by atoms with Gasteiger partial charge in [0.15, 0.2) is 0 Å². The van der Waals surface area contributed by atoms with E-state index in [-0.39, 0.29) is 6.10 Å². The number of rotatable bonds is 10. The van der Waals surface area contributed by atoms with Gasteiger partial charge in [0.25, 0.3) is 0 Å². The van der Waals surface area contributed by atoms with Crippen LogP contribution in [0.2, 0.25) is 0 Å². The molecule has 0 rings (SSSR count). The minimum absolute atomic E-state index is 0.154. The second-order valence-electron chi connectivity index (χ2n) is 4.77. The van der Waals surface area contributed by atoms with Crippen molar-refractivity contribution >= 4 is 0 Å². The topological polar surface area (TPSA) is 32.3 Å². The number of aliphatic hydroxyl groups is 1. The van der Waals surface area contributed by atoms with Gasteiger partial charge in [0.1, 0.15) is 0 Å². The van der Waals surface area contributed by atoms with E-state index in [1.165, 1.54) is 38.5 Å². The molecule has 0 aromatic rings. The molecule has 0 aromatic heterocycles. The molecule has 0 aliphatic rings. The van der Waals surface area contributed by atoms with Crippen molar-refractivity contribution in [2.24, 2.45) is 0 Å². The van der Waals surface area contributed by atoms with Gasteiger partial charge in [0.2, 0.25) is 0 Å². The van der Waals surface area contributed by atoms with Crippen LogP contribution in [0, 0.1) is 0 Å². The lowest BCUT2D eigenvalue weighted by Crippen LogP contribution is -2.31. The first-order valence-electron chi connectivity index (χ1n) is 6.58. The lowest BCUT2D eigenvalue weighted by atomic mass is 10.1. The molecule has 0 heterocycles. The quantitative estimate of drug-likeness (QED) is 0.549. The van der Waals surface area contributed by atoms with E-state index < -0.39 is 0 Å². The third kappa shape index (κ3) is 11.8. The largest absolute Gasteiger partial charge is 0.392 e.